The van der Waals surface area contributed by atoms with E-state index in [1.165, 1.54) is 39.3 Å². The van der Waals surface area contributed by atoms with Crippen molar-refractivity contribution in [2.24, 2.45) is 0 Å². The largest absolute Gasteiger partial charge is 0.351 e. The highest BCUT2D eigenvalue weighted by Crippen LogP contribution is 2.44. The number of hydrogen-bond acceptors (Lipinski definition) is 2. The summed E-state index contributed by atoms with van der Waals surface area (Å²) in [6.07, 6.45) is 1.85. The van der Waals surface area contributed by atoms with E-state index in [0.717, 1.165) is 16.5 Å². The third-order valence-corrected chi connectivity index (χ3v) is 6.98. The van der Waals surface area contributed by atoms with Crippen LogP contribution in [0.1, 0.15) is 51.4 Å². The summed E-state index contributed by atoms with van der Waals surface area (Å²) in [5.41, 5.74) is 10.6. The highest BCUT2D eigenvalue weighted by atomic mass is 32.1. The first-order valence-electron chi connectivity index (χ1n) is 11.7. The van der Waals surface area contributed by atoms with Crippen LogP contribution in [0.3, 0.4) is 0 Å². The Balaban J connectivity index is 1.69. The van der Waals surface area contributed by atoms with Crippen molar-refractivity contribution in [3.05, 3.63) is 112 Å². The third-order valence-electron chi connectivity index (χ3n) is 6.66. The Morgan fingerprint density at radius 3 is 2.15 bits per heavy atom. The van der Waals surface area contributed by atoms with Crippen molar-refractivity contribution in [1.29, 1.82) is 0 Å². The summed E-state index contributed by atoms with van der Waals surface area (Å²) < 4.78 is 2.34. The number of hydrogen-bond donors (Lipinski definition) is 1. The van der Waals surface area contributed by atoms with Crippen LogP contribution in [0.2, 0.25) is 0 Å². The lowest BCUT2D eigenvalue weighted by molar-refractivity contribution is 0.565. The first-order valence-corrected chi connectivity index (χ1v) is 12.1. The average molecular weight is 467 g/mol. The van der Waals surface area contributed by atoms with Gasteiger partial charge >= 0.3 is 0 Å². The number of anilines is 1. The lowest BCUT2D eigenvalue weighted by Crippen LogP contribution is -2.29. The van der Waals surface area contributed by atoms with Crippen molar-refractivity contribution in [2.45, 2.75) is 46.7 Å². The second kappa shape index (κ2) is 8.73. The molecule has 0 spiro atoms. The second-order valence-electron chi connectivity index (χ2n) is 9.34. The van der Waals surface area contributed by atoms with E-state index >= 15 is 0 Å². The summed E-state index contributed by atoms with van der Waals surface area (Å²) in [5.74, 6) is 0. The zero-order valence-corrected chi connectivity index (χ0v) is 21.1. The molecular weight excluding hydrogens is 436 g/mol. The monoisotopic (exact) mass is 466 g/mol. The molecular formula is C29H30N4S. The average Bonchev–Trinajstić information content (AvgIpc) is 3.30. The zero-order chi connectivity index (χ0) is 24.0. The fourth-order valence-electron chi connectivity index (χ4n) is 5.22. The van der Waals surface area contributed by atoms with Crippen LogP contribution in [0.15, 0.2) is 72.9 Å². The quantitative estimate of drug-likeness (QED) is 0.344. The van der Waals surface area contributed by atoms with Gasteiger partial charge in [0, 0.05) is 29.0 Å². The molecule has 1 fully saturated rings. The van der Waals surface area contributed by atoms with Crippen LogP contribution < -0.4 is 10.2 Å². The minimum absolute atomic E-state index is 0.0194. The van der Waals surface area contributed by atoms with Gasteiger partial charge in [0.25, 0.3) is 0 Å². The zero-order valence-electron chi connectivity index (χ0n) is 20.3. The Morgan fingerprint density at radius 1 is 0.794 bits per heavy atom. The van der Waals surface area contributed by atoms with Gasteiger partial charge in [-0.3, -0.25) is 4.98 Å². The van der Waals surface area contributed by atoms with Crippen LogP contribution in [-0.4, -0.2) is 14.7 Å². The van der Waals surface area contributed by atoms with Crippen LogP contribution in [-0.2, 0) is 0 Å². The highest BCUT2D eigenvalue weighted by molar-refractivity contribution is 7.80. The Labute approximate surface area is 207 Å². The number of pyridine rings is 1. The molecule has 0 saturated carbocycles. The van der Waals surface area contributed by atoms with E-state index in [-0.39, 0.29) is 12.1 Å². The summed E-state index contributed by atoms with van der Waals surface area (Å²) in [6, 6.07) is 23.6. The van der Waals surface area contributed by atoms with Gasteiger partial charge in [0.15, 0.2) is 5.11 Å². The Kier molecular flexibility index (Phi) is 5.74. The molecule has 1 aliphatic heterocycles. The van der Waals surface area contributed by atoms with E-state index in [1.807, 2.05) is 18.3 Å². The Bertz CT molecular complexity index is 1330. The van der Waals surface area contributed by atoms with Gasteiger partial charge in [0.05, 0.1) is 17.8 Å². The number of thiocarbonyl (C=S) groups is 1. The molecule has 2 atom stereocenters. The topological polar surface area (TPSA) is 33.1 Å². The van der Waals surface area contributed by atoms with E-state index in [9.17, 15) is 0 Å². The molecule has 0 radical (unpaired) electrons. The molecule has 5 heteroatoms. The summed E-state index contributed by atoms with van der Waals surface area (Å²) in [5, 5.41) is 4.32. The van der Waals surface area contributed by atoms with Gasteiger partial charge in [-0.1, -0.05) is 29.8 Å². The van der Waals surface area contributed by atoms with Crippen LogP contribution in [0.25, 0.3) is 5.69 Å². The standard InChI is InChI=1S/C29H30N4S/c1-18-9-11-23(12-10-18)32-21(4)17-25(22(32)5)28-27(26-8-6-7-13-30-26)31-29(34)33(28)24-15-19(2)14-20(3)16-24/h6-17,27-28H,1-5H3,(H,31,34)/t27-,28+/m1/s1. The lowest BCUT2D eigenvalue weighted by atomic mass is 9.96. The summed E-state index contributed by atoms with van der Waals surface area (Å²) in [4.78, 5) is 6.98. The lowest BCUT2D eigenvalue weighted by Gasteiger charge is -2.29. The van der Waals surface area contributed by atoms with E-state index < -0.39 is 0 Å². The molecule has 2 aromatic heterocycles. The molecule has 4 aromatic rings. The predicted molar refractivity (Wildman–Crippen MR) is 144 cm³/mol. The van der Waals surface area contributed by atoms with Gasteiger partial charge in [-0.25, -0.2) is 0 Å². The van der Waals surface area contributed by atoms with Crippen molar-refractivity contribution in [2.75, 3.05) is 4.90 Å². The number of rotatable bonds is 4. The fraction of sp³-hybridized carbons (Fsp3) is 0.241. The number of benzene rings is 2. The molecule has 1 aliphatic rings. The first-order chi connectivity index (χ1) is 16.3. The van der Waals surface area contributed by atoms with Crippen molar-refractivity contribution >= 4 is 23.0 Å². The van der Waals surface area contributed by atoms with Crippen LogP contribution in [0.4, 0.5) is 5.69 Å². The number of aromatic nitrogens is 2. The summed E-state index contributed by atoms with van der Waals surface area (Å²) in [7, 11) is 0. The van der Waals surface area contributed by atoms with Gasteiger partial charge in [0.2, 0.25) is 0 Å². The van der Waals surface area contributed by atoms with Crippen LogP contribution in [0, 0.1) is 34.6 Å². The highest BCUT2D eigenvalue weighted by Gasteiger charge is 2.42. The van der Waals surface area contributed by atoms with Crippen LogP contribution in [0.5, 0.6) is 0 Å². The van der Waals surface area contributed by atoms with Gasteiger partial charge in [0.1, 0.15) is 0 Å². The summed E-state index contributed by atoms with van der Waals surface area (Å²) >= 11 is 5.93. The third kappa shape index (κ3) is 3.90. The van der Waals surface area contributed by atoms with Gasteiger partial charge in [-0.2, -0.15) is 0 Å². The minimum Gasteiger partial charge on any atom is -0.351 e. The molecule has 1 saturated heterocycles. The Morgan fingerprint density at radius 2 is 1.50 bits per heavy atom. The van der Waals surface area contributed by atoms with Crippen molar-refractivity contribution in [1.82, 2.24) is 14.9 Å². The van der Waals surface area contributed by atoms with Crippen molar-refractivity contribution in [3.63, 3.8) is 0 Å². The maximum absolute atomic E-state index is 5.93. The van der Waals surface area contributed by atoms with E-state index in [4.69, 9.17) is 17.2 Å². The number of nitrogens with one attached hydrogen (secondary N) is 1. The molecule has 172 valence electrons. The molecule has 5 rings (SSSR count). The number of aryl methyl sites for hydroxylation is 4. The smallest absolute Gasteiger partial charge is 0.174 e. The molecule has 0 aliphatic carbocycles. The minimum atomic E-state index is -0.0542. The summed E-state index contributed by atoms with van der Waals surface area (Å²) in [6.45, 7) is 10.8. The van der Waals surface area contributed by atoms with Crippen molar-refractivity contribution in [3.8, 4) is 5.69 Å². The Hall–Kier alpha value is -3.44. The second-order valence-corrected chi connectivity index (χ2v) is 9.73. The first kappa shape index (κ1) is 22.4. The van der Waals surface area contributed by atoms with E-state index in [1.54, 1.807) is 0 Å². The normalized spacial score (nSPS) is 17.8. The SMILES string of the molecule is Cc1ccc(-n2c(C)cc([C@H]3[C@@H](c4ccccn4)NC(=S)N3c3cc(C)cc(C)c3)c2C)cc1. The van der Waals surface area contributed by atoms with Crippen LogP contribution >= 0.6 is 12.2 Å². The van der Waals surface area contributed by atoms with E-state index in [2.05, 4.69) is 104 Å². The van der Waals surface area contributed by atoms with Crippen molar-refractivity contribution < 1.29 is 0 Å². The molecule has 4 nitrogen and oxygen atoms in total. The molecule has 0 amide bonds. The van der Waals surface area contributed by atoms with Gasteiger partial charge < -0.3 is 14.8 Å². The maximum atomic E-state index is 5.93. The molecule has 1 N–H and O–H groups in total. The van der Waals surface area contributed by atoms with Gasteiger partial charge in [-0.15, -0.1) is 0 Å². The molecule has 2 aromatic carbocycles. The molecule has 0 bridgehead atoms. The fourth-order valence-corrected chi connectivity index (χ4v) is 5.56. The molecule has 34 heavy (non-hydrogen) atoms. The molecule has 3 heterocycles. The van der Waals surface area contributed by atoms with E-state index in [0.29, 0.717) is 0 Å². The van der Waals surface area contributed by atoms with Gasteiger partial charge in [-0.05, 0) is 106 Å². The molecule has 0 unspecified atom stereocenters. The number of nitrogens with zero attached hydrogens (tertiary/aromatic N) is 3. The maximum Gasteiger partial charge on any atom is 0.174 e. The predicted octanol–water partition coefficient (Wildman–Crippen LogP) is 6.59.